The first kappa shape index (κ1) is 17.1. The van der Waals surface area contributed by atoms with Gasteiger partial charge in [-0.15, -0.1) is 24.5 Å². The maximum atomic E-state index is 11.9. The fourth-order valence-corrected chi connectivity index (χ4v) is 3.40. The lowest BCUT2D eigenvalue weighted by molar-refractivity contribution is 0.0532. The van der Waals surface area contributed by atoms with Crippen LogP contribution in [0.15, 0.2) is 43.5 Å². The van der Waals surface area contributed by atoms with E-state index in [0.29, 0.717) is 11.5 Å². The van der Waals surface area contributed by atoms with Gasteiger partial charge in [0.05, 0.1) is 18.0 Å². The van der Waals surface area contributed by atoms with E-state index in [4.69, 9.17) is 4.74 Å². The van der Waals surface area contributed by atoms with Gasteiger partial charge in [-0.25, -0.2) is 4.79 Å². The lowest BCUT2D eigenvalue weighted by Crippen LogP contribution is -2.23. The molecule has 0 saturated heterocycles. The van der Waals surface area contributed by atoms with Gasteiger partial charge in [0, 0.05) is 24.8 Å². The molecule has 0 amide bonds. The molecular formula is C18H22N2O2S. The van der Waals surface area contributed by atoms with Crippen molar-refractivity contribution in [3.63, 3.8) is 0 Å². The van der Waals surface area contributed by atoms with E-state index >= 15 is 0 Å². The van der Waals surface area contributed by atoms with Crippen molar-refractivity contribution in [2.75, 3.05) is 37.0 Å². The third-order valence-corrected chi connectivity index (χ3v) is 4.50. The summed E-state index contributed by atoms with van der Waals surface area (Å²) in [4.78, 5) is 14.7. The van der Waals surface area contributed by atoms with Crippen LogP contribution in [0, 0.1) is 0 Å². The zero-order valence-electron chi connectivity index (χ0n) is 13.6. The van der Waals surface area contributed by atoms with Crippen molar-refractivity contribution in [2.24, 2.45) is 0 Å². The minimum atomic E-state index is -0.268. The van der Waals surface area contributed by atoms with Crippen LogP contribution in [0.2, 0.25) is 0 Å². The first-order chi connectivity index (χ1) is 11.1. The van der Waals surface area contributed by atoms with Gasteiger partial charge in [0.1, 0.15) is 4.88 Å². The van der Waals surface area contributed by atoms with Crippen LogP contribution in [-0.2, 0) is 4.74 Å². The summed E-state index contributed by atoms with van der Waals surface area (Å²) >= 11 is 1.45. The van der Waals surface area contributed by atoms with Gasteiger partial charge in [-0.05, 0) is 30.5 Å². The number of benzene rings is 1. The first-order valence-corrected chi connectivity index (χ1v) is 8.35. The molecule has 122 valence electrons. The molecule has 0 aliphatic heterocycles. The van der Waals surface area contributed by atoms with Crippen LogP contribution < -0.4 is 10.2 Å². The summed E-state index contributed by atoms with van der Waals surface area (Å²) in [7, 11) is 1.89. The highest BCUT2D eigenvalue weighted by atomic mass is 32.1. The van der Waals surface area contributed by atoms with Gasteiger partial charge >= 0.3 is 5.97 Å². The summed E-state index contributed by atoms with van der Waals surface area (Å²) in [6.07, 6.45) is 3.73. The van der Waals surface area contributed by atoms with Gasteiger partial charge in [0.2, 0.25) is 0 Å². The van der Waals surface area contributed by atoms with Gasteiger partial charge in [0.15, 0.2) is 0 Å². The molecule has 0 spiro atoms. The topological polar surface area (TPSA) is 41.6 Å². The zero-order chi connectivity index (χ0) is 16.8. The highest BCUT2D eigenvalue weighted by molar-refractivity contribution is 7.20. The second-order valence-electron chi connectivity index (χ2n) is 4.97. The van der Waals surface area contributed by atoms with Crippen LogP contribution in [0.1, 0.15) is 16.6 Å². The summed E-state index contributed by atoms with van der Waals surface area (Å²) in [5.74, 6) is -0.268. The molecule has 0 bridgehead atoms. The third kappa shape index (κ3) is 3.74. The number of nitrogens with one attached hydrogen (secondary N) is 1. The second-order valence-corrected chi connectivity index (χ2v) is 6.05. The first-order valence-electron chi connectivity index (χ1n) is 7.53. The SMILES string of the molecule is C=CCN(CC=C)c1cc2sc(C(=O)OCC)cc2cc1NC. The smallest absolute Gasteiger partial charge is 0.348 e. The number of ether oxygens (including phenoxy) is 1. The standard InChI is InChI=1S/C18H22N2O2S/c1-5-8-20(9-6-2)15-12-16-13(10-14(15)19-4)11-17(23-16)18(21)22-7-3/h5-6,10-12,19H,1-2,7-9H2,3-4H3. The average molecular weight is 330 g/mol. The largest absolute Gasteiger partial charge is 0.462 e. The van der Waals surface area contributed by atoms with Crippen LogP contribution in [0.4, 0.5) is 11.4 Å². The quantitative estimate of drug-likeness (QED) is 0.579. The van der Waals surface area contributed by atoms with E-state index in [0.717, 1.165) is 34.6 Å². The Morgan fingerprint density at radius 2 is 2.00 bits per heavy atom. The predicted octanol–water partition coefficient (Wildman–Crippen LogP) is 4.30. The summed E-state index contributed by atoms with van der Waals surface area (Å²) in [5.41, 5.74) is 2.08. The molecule has 1 heterocycles. The van der Waals surface area contributed by atoms with E-state index in [1.54, 1.807) is 0 Å². The molecule has 0 aliphatic rings. The Labute approximate surface area is 141 Å². The van der Waals surface area contributed by atoms with Crippen LogP contribution >= 0.6 is 11.3 Å². The summed E-state index contributed by atoms with van der Waals surface area (Å²) in [6.45, 7) is 11.3. The van der Waals surface area contributed by atoms with Gasteiger partial charge in [-0.3, -0.25) is 0 Å². The molecule has 1 aromatic heterocycles. The van der Waals surface area contributed by atoms with Crippen molar-refractivity contribution in [1.29, 1.82) is 0 Å². The van der Waals surface area contributed by atoms with Crippen LogP contribution in [-0.4, -0.2) is 32.7 Å². The number of fused-ring (bicyclic) bond motifs is 1. The third-order valence-electron chi connectivity index (χ3n) is 3.42. The van der Waals surface area contributed by atoms with Crippen LogP contribution in [0.3, 0.4) is 0 Å². The van der Waals surface area contributed by atoms with E-state index in [9.17, 15) is 4.79 Å². The monoisotopic (exact) mass is 330 g/mol. The fourth-order valence-electron chi connectivity index (χ4n) is 2.42. The molecule has 0 fully saturated rings. The molecule has 0 aliphatic carbocycles. The van der Waals surface area contributed by atoms with E-state index in [2.05, 4.69) is 35.5 Å². The van der Waals surface area contributed by atoms with E-state index in [1.165, 1.54) is 11.3 Å². The minimum absolute atomic E-state index is 0.268. The van der Waals surface area contributed by atoms with Gasteiger partial charge in [0.25, 0.3) is 0 Å². The van der Waals surface area contributed by atoms with Crippen molar-refractivity contribution in [3.05, 3.63) is 48.4 Å². The van der Waals surface area contributed by atoms with Crippen molar-refractivity contribution in [3.8, 4) is 0 Å². The molecule has 0 radical (unpaired) electrons. The maximum absolute atomic E-state index is 11.9. The molecule has 0 atom stereocenters. The van der Waals surface area contributed by atoms with Gasteiger partial charge in [-0.1, -0.05) is 12.2 Å². The van der Waals surface area contributed by atoms with Gasteiger partial charge < -0.3 is 15.0 Å². The van der Waals surface area contributed by atoms with Crippen molar-refractivity contribution in [1.82, 2.24) is 0 Å². The highest BCUT2D eigenvalue weighted by Crippen LogP contribution is 2.36. The number of carbonyl (C=O) groups is 1. The molecule has 2 rings (SSSR count). The minimum Gasteiger partial charge on any atom is -0.462 e. The Morgan fingerprint density at radius 3 is 2.57 bits per heavy atom. The number of hydrogen-bond donors (Lipinski definition) is 1. The predicted molar refractivity (Wildman–Crippen MR) is 99.9 cm³/mol. The molecule has 5 heteroatoms. The van der Waals surface area contributed by atoms with Crippen molar-refractivity contribution < 1.29 is 9.53 Å². The molecule has 0 unspecified atom stereocenters. The second kappa shape index (κ2) is 7.83. The van der Waals surface area contributed by atoms with Crippen LogP contribution in [0.5, 0.6) is 0 Å². The number of anilines is 2. The Hall–Kier alpha value is -2.27. The lowest BCUT2D eigenvalue weighted by atomic mass is 10.1. The zero-order valence-corrected chi connectivity index (χ0v) is 14.4. The molecule has 4 nitrogen and oxygen atoms in total. The lowest BCUT2D eigenvalue weighted by Gasteiger charge is -2.24. The fraction of sp³-hybridized carbons (Fsp3) is 0.278. The number of rotatable bonds is 8. The van der Waals surface area contributed by atoms with E-state index < -0.39 is 0 Å². The Balaban J connectivity index is 2.50. The molecule has 23 heavy (non-hydrogen) atoms. The highest BCUT2D eigenvalue weighted by Gasteiger charge is 2.15. The number of thiophene rings is 1. The Kier molecular flexibility index (Phi) is 5.82. The molecule has 2 aromatic rings. The number of hydrogen-bond acceptors (Lipinski definition) is 5. The Bertz CT molecular complexity index is 711. The molecular weight excluding hydrogens is 308 g/mol. The van der Waals surface area contributed by atoms with E-state index in [-0.39, 0.29) is 5.97 Å². The van der Waals surface area contributed by atoms with Crippen LogP contribution in [0.25, 0.3) is 10.1 Å². The molecule has 1 N–H and O–H groups in total. The summed E-state index contributed by atoms with van der Waals surface area (Å²) in [6, 6.07) is 6.04. The van der Waals surface area contributed by atoms with Crippen molar-refractivity contribution >= 4 is 38.8 Å². The normalized spacial score (nSPS) is 10.3. The maximum Gasteiger partial charge on any atom is 0.348 e. The number of nitrogens with zero attached hydrogens (tertiary/aromatic N) is 1. The Morgan fingerprint density at radius 1 is 1.30 bits per heavy atom. The van der Waals surface area contributed by atoms with Gasteiger partial charge in [-0.2, -0.15) is 0 Å². The number of esters is 1. The van der Waals surface area contributed by atoms with E-state index in [1.807, 2.05) is 32.2 Å². The summed E-state index contributed by atoms with van der Waals surface area (Å²) < 4.78 is 6.14. The van der Waals surface area contributed by atoms with Crippen molar-refractivity contribution in [2.45, 2.75) is 6.92 Å². The molecule has 1 aromatic carbocycles. The number of carbonyl (C=O) groups excluding carboxylic acids is 1. The summed E-state index contributed by atoms with van der Waals surface area (Å²) in [5, 5.41) is 4.26. The average Bonchev–Trinajstić information content (AvgIpc) is 2.96. The molecule has 0 saturated carbocycles.